The van der Waals surface area contributed by atoms with E-state index in [-0.39, 0.29) is 34.9 Å². The SMILES string of the molecule is C=CCn1c(O)c2ccc(C(=O)N=NC(=O)c3ccccn3)cc2c1O. The van der Waals surface area contributed by atoms with Crippen LogP contribution >= 0.6 is 0 Å². The van der Waals surface area contributed by atoms with Gasteiger partial charge in [0.05, 0.1) is 0 Å². The molecule has 0 fully saturated rings. The summed E-state index contributed by atoms with van der Waals surface area (Å²) < 4.78 is 1.25. The first-order valence-electron chi connectivity index (χ1n) is 7.59. The van der Waals surface area contributed by atoms with Crippen molar-refractivity contribution in [1.29, 1.82) is 0 Å². The first-order valence-corrected chi connectivity index (χ1v) is 7.59. The Morgan fingerprint density at radius 2 is 1.81 bits per heavy atom. The summed E-state index contributed by atoms with van der Waals surface area (Å²) in [5, 5.41) is 27.7. The molecular weight excluding hydrogens is 336 g/mol. The van der Waals surface area contributed by atoms with Crippen LogP contribution in [0.25, 0.3) is 10.8 Å². The summed E-state index contributed by atoms with van der Waals surface area (Å²) in [7, 11) is 0. The van der Waals surface area contributed by atoms with Gasteiger partial charge < -0.3 is 10.2 Å². The maximum absolute atomic E-state index is 12.2. The number of hydrogen-bond acceptors (Lipinski definition) is 5. The van der Waals surface area contributed by atoms with Gasteiger partial charge in [0.25, 0.3) is 5.91 Å². The number of carbonyl (C=O) groups excluding carboxylic acids is 2. The number of hydrogen-bond donors (Lipinski definition) is 2. The highest BCUT2D eigenvalue weighted by Crippen LogP contribution is 2.36. The second-order valence-corrected chi connectivity index (χ2v) is 5.33. The molecule has 0 spiro atoms. The van der Waals surface area contributed by atoms with Crippen LogP contribution in [0.1, 0.15) is 20.8 Å². The minimum absolute atomic E-state index is 0.0728. The Morgan fingerprint density at radius 3 is 2.50 bits per heavy atom. The van der Waals surface area contributed by atoms with Crippen molar-refractivity contribution in [2.75, 3.05) is 0 Å². The predicted molar refractivity (Wildman–Crippen MR) is 93.2 cm³/mol. The Labute approximate surface area is 147 Å². The summed E-state index contributed by atoms with van der Waals surface area (Å²) in [4.78, 5) is 27.8. The molecule has 8 nitrogen and oxygen atoms in total. The van der Waals surface area contributed by atoms with Crippen LogP contribution in [0.2, 0.25) is 0 Å². The topological polar surface area (TPSA) is 117 Å². The third-order valence-corrected chi connectivity index (χ3v) is 3.69. The molecule has 0 saturated carbocycles. The maximum Gasteiger partial charge on any atom is 0.314 e. The van der Waals surface area contributed by atoms with Crippen LogP contribution in [0.4, 0.5) is 0 Å². The molecule has 1 aromatic carbocycles. The van der Waals surface area contributed by atoms with Crippen molar-refractivity contribution in [3.05, 3.63) is 66.5 Å². The molecule has 26 heavy (non-hydrogen) atoms. The third-order valence-electron chi connectivity index (χ3n) is 3.69. The number of pyridine rings is 1. The Morgan fingerprint density at radius 1 is 1.08 bits per heavy atom. The molecule has 2 heterocycles. The van der Waals surface area contributed by atoms with Crippen molar-refractivity contribution in [3.63, 3.8) is 0 Å². The Balaban J connectivity index is 1.89. The molecule has 0 bridgehead atoms. The number of benzene rings is 1. The number of carbonyl (C=O) groups is 2. The van der Waals surface area contributed by atoms with Gasteiger partial charge in [0.15, 0.2) is 0 Å². The van der Waals surface area contributed by atoms with Gasteiger partial charge in [-0.15, -0.1) is 16.8 Å². The molecule has 2 N–H and O–H groups in total. The second kappa shape index (κ2) is 6.98. The van der Waals surface area contributed by atoms with Gasteiger partial charge in [-0.25, -0.2) is 0 Å². The number of amides is 2. The Kier molecular flexibility index (Phi) is 4.57. The van der Waals surface area contributed by atoms with E-state index >= 15 is 0 Å². The van der Waals surface area contributed by atoms with Gasteiger partial charge in [0.1, 0.15) is 5.69 Å². The standard InChI is InChI=1S/C18H14N4O4/c1-2-9-22-17(25)12-7-6-11(10-13(12)18(22)26)15(23)20-21-16(24)14-5-3-4-8-19-14/h2-8,10,25-26H,1,9H2. The van der Waals surface area contributed by atoms with Crippen LogP contribution in [0.15, 0.2) is 65.5 Å². The van der Waals surface area contributed by atoms with Gasteiger partial charge in [-0.3, -0.25) is 19.1 Å². The van der Waals surface area contributed by atoms with Gasteiger partial charge >= 0.3 is 5.91 Å². The molecule has 0 unspecified atom stereocenters. The number of aromatic hydroxyl groups is 2. The van der Waals surface area contributed by atoms with E-state index < -0.39 is 11.8 Å². The molecule has 0 aliphatic carbocycles. The zero-order chi connectivity index (χ0) is 18.7. The smallest absolute Gasteiger partial charge is 0.314 e. The summed E-state index contributed by atoms with van der Waals surface area (Å²) in [5.41, 5.74) is 0.185. The predicted octanol–water partition coefficient (Wildman–Crippen LogP) is 3.07. The fourth-order valence-electron chi connectivity index (χ4n) is 2.44. The van der Waals surface area contributed by atoms with Crippen molar-refractivity contribution >= 4 is 22.6 Å². The molecule has 0 radical (unpaired) electrons. The highest BCUT2D eigenvalue weighted by Gasteiger charge is 2.17. The molecule has 0 atom stereocenters. The van der Waals surface area contributed by atoms with Gasteiger partial charge in [-0.1, -0.05) is 12.1 Å². The average Bonchev–Trinajstić information content (AvgIpc) is 2.91. The molecule has 3 rings (SSSR count). The summed E-state index contributed by atoms with van der Waals surface area (Å²) >= 11 is 0. The lowest BCUT2D eigenvalue weighted by molar-refractivity contribution is 0.0944. The van der Waals surface area contributed by atoms with Crippen LogP contribution in [-0.2, 0) is 6.54 Å². The second-order valence-electron chi connectivity index (χ2n) is 5.33. The average molecular weight is 350 g/mol. The molecule has 3 aromatic rings. The van der Waals surface area contributed by atoms with Crippen LogP contribution in [0, 0.1) is 0 Å². The van der Waals surface area contributed by atoms with Crippen LogP contribution in [-0.4, -0.2) is 31.6 Å². The maximum atomic E-state index is 12.2. The molecule has 0 aliphatic heterocycles. The highest BCUT2D eigenvalue weighted by atomic mass is 16.3. The van der Waals surface area contributed by atoms with E-state index in [1.807, 2.05) is 0 Å². The van der Waals surface area contributed by atoms with Crippen LogP contribution < -0.4 is 0 Å². The van der Waals surface area contributed by atoms with E-state index in [0.29, 0.717) is 5.39 Å². The lowest BCUT2D eigenvalue weighted by Gasteiger charge is -2.01. The molecule has 130 valence electrons. The molecule has 2 amide bonds. The zero-order valence-corrected chi connectivity index (χ0v) is 13.5. The number of fused-ring (bicyclic) bond motifs is 1. The summed E-state index contributed by atoms with van der Waals surface area (Å²) in [6, 6.07) is 9.00. The van der Waals surface area contributed by atoms with Crippen molar-refractivity contribution in [2.45, 2.75) is 6.54 Å². The molecule has 0 aliphatic rings. The van der Waals surface area contributed by atoms with Crippen LogP contribution in [0.3, 0.4) is 0 Å². The minimum atomic E-state index is -0.758. The highest BCUT2D eigenvalue weighted by molar-refractivity contribution is 6.02. The fourth-order valence-corrected chi connectivity index (χ4v) is 2.44. The van der Waals surface area contributed by atoms with Crippen molar-refractivity contribution in [2.24, 2.45) is 10.2 Å². The lowest BCUT2D eigenvalue weighted by Crippen LogP contribution is -1.99. The normalized spacial score (nSPS) is 11.1. The van der Waals surface area contributed by atoms with E-state index in [9.17, 15) is 19.8 Å². The summed E-state index contributed by atoms with van der Waals surface area (Å²) in [6.07, 6.45) is 2.95. The van der Waals surface area contributed by atoms with E-state index in [4.69, 9.17) is 0 Å². The van der Waals surface area contributed by atoms with E-state index in [1.54, 1.807) is 12.1 Å². The minimum Gasteiger partial charge on any atom is -0.494 e. The van der Waals surface area contributed by atoms with E-state index in [1.165, 1.54) is 41.1 Å². The molecule has 2 aromatic heterocycles. The largest absolute Gasteiger partial charge is 0.494 e. The Hall–Kier alpha value is -3.81. The summed E-state index contributed by atoms with van der Waals surface area (Å²) in [6.45, 7) is 3.76. The molecule has 8 heteroatoms. The van der Waals surface area contributed by atoms with Crippen LogP contribution in [0.5, 0.6) is 11.8 Å². The van der Waals surface area contributed by atoms with Gasteiger partial charge in [0, 0.05) is 29.1 Å². The van der Waals surface area contributed by atoms with Crippen molar-refractivity contribution < 1.29 is 19.8 Å². The molecular formula is C18H14N4O4. The first kappa shape index (κ1) is 17.0. The lowest BCUT2D eigenvalue weighted by atomic mass is 10.1. The van der Waals surface area contributed by atoms with Crippen molar-refractivity contribution in [3.8, 4) is 11.8 Å². The fraction of sp³-hybridized carbons (Fsp3) is 0.0556. The van der Waals surface area contributed by atoms with E-state index in [2.05, 4.69) is 21.8 Å². The number of nitrogens with zero attached hydrogens (tertiary/aromatic N) is 4. The Bertz CT molecular complexity index is 1040. The molecule has 0 saturated heterocycles. The quantitative estimate of drug-likeness (QED) is 0.554. The van der Waals surface area contributed by atoms with Gasteiger partial charge in [0.2, 0.25) is 11.8 Å². The number of azo groups is 1. The third kappa shape index (κ3) is 3.07. The van der Waals surface area contributed by atoms with E-state index in [0.717, 1.165) is 0 Å². The monoisotopic (exact) mass is 350 g/mol. The summed E-state index contributed by atoms with van der Waals surface area (Å²) in [5.74, 6) is -1.83. The first-order chi connectivity index (χ1) is 12.5. The van der Waals surface area contributed by atoms with Gasteiger partial charge in [-0.05, 0) is 30.3 Å². The zero-order valence-electron chi connectivity index (χ0n) is 13.5. The number of allylic oxidation sites excluding steroid dienone is 1. The number of rotatable bonds is 4. The van der Waals surface area contributed by atoms with Gasteiger partial charge in [-0.2, -0.15) is 0 Å². The number of aromatic nitrogens is 2. The van der Waals surface area contributed by atoms with Crippen molar-refractivity contribution in [1.82, 2.24) is 9.55 Å².